The van der Waals surface area contributed by atoms with Crippen LogP contribution in [0.5, 0.6) is 5.75 Å². The predicted molar refractivity (Wildman–Crippen MR) is 82.1 cm³/mol. The van der Waals surface area contributed by atoms with E-state index in [0.29, 0.717) is 18.9 Å². The Morgan fingerprint density at radius 1 is 1.29 bits per heavy atom. The van der Waals surface area contributed by atoms with Gasteiger partial charge in [0, 0.05) is 12.0 Å². The van der Waals surface area contributed by atoms with Crippen LogP contribution in [0.3, 0.4) is 0 Å². The molecule has 2 atom stereocenters. The monoisotopic (exact) mass is 285 g/mol. The highest BCUT2D eigenvalue weighted by Gasteiger charge is 2.26. The van der Waals surface area contributed by atoms with Crippen molar-refractivity contribution in [3.05, 3.63) is 65.0 Å². The topological polar surface area (TPSA) is 35.2 Å². The number of halogens is 1. The third kappa shape index (κ3) is 3.08. The van der Waals surface area contributed by atoms with Gasteiger partial charge in [0.1, 0.15) is 11.6 Å². The molecule has 0 radical (unpaired) electrons. The van der Waals surface area contributed by atoms with Gasteiger partial charge in [0.25, 0.3) is 0 Å². The molecule has 2 aromatic rings. The maximum absolute atomic E-state index is 13.4. The quantitative estimate of drug-likeness (QED) is 0.913. The van der Waals surface area contributed by atoms with E-state index < -0.39 is 0 Å². The summed E-state index contributed by atoms with van der Waals surface area (Å²) >= 11 is 0. The molecular formula is C18H20FNO. The zero-order valence-corrected chi connectivity index (χ0v) is 12.2. The molecule has 0 saturated carbocycles. The number of fused-ring (bicyclic) bond motifs is 1. The van der Waals surface area contributed by atoms with Crippen LogP contribution in [0.1, 0.15) is 29.5 Å². The zero-order valence-electron chi connectivity index (χ0n) is 12.2. The Morgan fingerprint density at radius 3 is 2.86 bits per heavy atom. The van der Waals surface area contributed by atoms with E-state index in [0.717, 1.165) is 17.7 Å². The highest BCUT2D eigenvalue weighted by atomic mass is 19.1. The molecule has 2 nitrogen and oxygen atoms in total. The Morgan fingerprint density at radius 2 is 2.10 bits per heavy atom. The van der Waals surface area contributed by atoms with Crippen LogP contribution in [0.25, 0.3) is 0 Å². The van der Waals surface area contributed by atoms with Crippen LogP contribution in [0, 0.1) is 5.82 Å². The molecule has 1 aliphatic rings. The summed E-state index contributed by atoms with van der Waals surface area (Å²) in [6, 6.07) is 13.1. The van der Waals surface area contributed by atoms with Crippen LogP contribution in [0.4, 0.5) is 4.39 Å². The Bertz CT molecular complexity index is 639. The number of benzene rings is 2. The number of hydrogen-bond donors (Lipinski definition) is 1. The third-order valence-electron chi connectivity index (χ3n) is 3.97. The number of nitrogens with two attached hydrogens (primary N) is 1. The van der Waals surface area contributed by atoms with Crippen LogP contribution < -0.4 is 10.5 Å². The van der Waals surface area contributed by atoms with E-state index in [1.807, 2.05) is 6.92 Å². The van der Waals surface area contributed by atoms with Gasteiger partial charge in [0.05, 0.1) is 6.61 Å². The van der Waals surface area contributed by atoms with Gasteiger partial charge in [-0.2, -0.15) is 0 Å². The van der Waals surface area contributed by atoms with Crippen molar-refractivity contribution >= 4 is 0 Å². The molecule has 0 amide bonds. The van der Waals surface area contributed by atoms with Gasteiger partial charge in [0.15, 0.2) is 0 Å². The van der Waals surface area contributed by atoms with Crippen LogP contribution >= 0.6 is 0 Å². The van der Waals surface area contributed by atoms with Gasteiger partial charge < -0.3 is 10.5 Å². The summed E-state index contributed by atoms with van der Waals surface area (Å²) in [6.07, 6.45) is 1.67. The molecule has 0 spiro atoms. The van der Waals surface area contributed by atoms with Crippen LogP contribution in [-0.4, -0.2) is 12.6 Å². The normalized spacial score (nSPS) is 17.8. The molecular weight excluding hydrogens is 265 g/mol. The summed E-state index contributed by atoms with van der Waals surface area (Å²) < 4.78 is 19.3. The Kier molecular flexibility index (Phi) is 3.93. The molecule has 2 N–H and O–H groups in total. The summed E-state index contributed by atoms with van der Waals surface area (Å²) in [4.78, 5) is 0. The van der Waals surface area contributed by atoms with E-state index in [-0.39, 0.29) is 11.9 Å². The van der Waals surface area contributed by atoms with E-state index >= 15 is 0 Å². The van der Waals surface area contributed by atoms with Gasteiger partial charge in [-0.25, -0.2) is 4.39 Å². The molecule has 21 heavy (non-hydrogen) atoms. The van der Waals surface area contributed by atoms with E-state index in [4.69, 9.17) is 10.5 Å². The molecule has 0 saturated heterocycles. The van der Waals surface area contributed by atoms with Crippen molar-refractivity contribution in [1.82, 2.24) is 0 Å². The van der Waals surface area contributed by atoms with Crippen LogP contribution in [0.2, 0.25) is 0 Å². The smallest absolute Gasteiger partial charge is 0.123 e. The lowest BCUT2D eigenvalue weighted by atomic mass is 9.78. The number of ether oxygens (including phenoxy) is 1. The minimum absolute atomic E-state index is 0.0152. The molecule has 110 valence electrons. The lowest BCUT2D eigenvalue weighted by Gasteiger charge is -2.30. The maximum Gasteiger partial charge on any atom is 0.123 e. The lowest BCUT2D eigenvalue weighted by Crippen LogP contribution is -2.24. The Hall–Kier alpha value is -1.87. The maximum atomic E-state index is 13.4. The fourth-order valence-corrected chi connectivity index (χ4v) is 2.90. The van der Waals surface area contributed by atoms with Crippen molar-refractivity contribution in [2.75, 3.05) is 6.61 Å². The first kappa shape index (κ1) is 14.1. The standard InChI is InChI=1S/C18H20FNO/c1-12(20)8-14-10-16(19)6-7-18(14)21-11-15-9-13-4-2-3-5-17(13)15/h2-7,10,12,15H,8-9,11,20H2,1H3. The average Bonchev–Trinajstić information content (AvgIpc) is 2.41. The number of rotatable bonds is 5. The van der Waals surface area contributed by atoms with Crippen molar-refractivity contribution in [2.45, 2.75) is 31.7 Å². The molecule has 0 heterocycles. The van der Waals surface area contributed by atoms with Gasteiger partial charge in [0.2, 0.25) is 0 Å². The van der Waals surface area contributed by atoms with E-state index in [1.54, 1.807) is 6.07 Å². The summed E-state index contributed by atoms with van der Waals surface area (Å²) in [5, 5.41) is 0. The predicted octanol–water partition coefficient (Wildman–Crippen LogP) is 3.43. The van der Waals surface area contributed by atoms with Crippen molar-refractivity contribution < 1.29 is 9.13 Å². The molecule has 2 aromatic carbocycles. The SMILES string of the molecule is CC(N)Cc1cc(F)ccc1OCC1Cc2ccccc21. The highest BCUT2D eigenvalue weighted by molar-refractivity contribution is 5.40. The van der Waals surface area contributed by atoms with Gasteiger partial charge in [-0.15, -0.1) is 0 Å². The summed E-state index contributed by atoms with van der Waals surface area (Å²) in [5.74, 6) is 0.944. The minimum atomic E-state index is -0.244. The molecule has 0 fully saturated rings. The first-order valence-electron chi connectivity index (χ1n) is 7.38. The lowest BCUT2D eigenvalue weighted by molar-refractivity contribution is 0.272. The summed E-state index contributed by atoms with van der Waals surface area (Å²) in [6.45, 7) is 2.55. The highest BCUT2D eigenvalue weighted by Crippen LogP contribution is 2.35. The molecule has 0 aliphatic heterocycles. The molecule has 3 rings (SSSR count). The third-order valence-corrected chi connectivity index (χ3v) is 3.97. The first-order chi connectivity index (χ1) is 10.1. The van der Waals surface area contributed by atoms with E-state index in [2.05, 4.69) is 24.3 Å². The molecule has 0 aromatic heterocycles. The minimum Gasteiger partial charge on any atom is -0.493 e. The largest absolute Gasteiger partial charge is 0.493 e. The van der Waals surface area contributed by atoms with Crippen molar-refractivity contribution in [3.63, 3.8) is 0 Å². The number of hydrogen-bond acceptors (Lipinski definition) is 2. The first-order valence-corrected chi connectivity index (χ1v) is 7.38. The fourth-order valence-electron chi connectivity index (χ4n) is 2.90. The molecule has 0 bridgehead atoms. The molecule has 3 heteroatoms. The van der Waals surface area contributed by atoms with Crippen molar-refractivity contribution in [2.24, 2.45) is 5.73 Å². The molecule has 2 unspecified atom stereocenters. The van der Waals surface area contributed by atoms with Gasteiger partial charge in [-0.3, -0.25) is 0 Å². The second kappa shape index (κ2) is 5.86. The van der Waals surface area contributed by atoms with Crippen molar-refractivity contribution in [1.29, 1.82) is 0 Å². The Labute approximate surface area is 124 Å². The summed E-state index contributed by atoms with van der Waals surface area (Å²) in [5.41, 5.74) is 9.44. The van der Waals surface area contributed by atoms with Gasteiger partial charge in [-0.05, 0) is 54.7 Å². The summed E-state index contributed by atoms with van der Waals surface area (Å²) in [7, 11) is 0. The van der Waals surface area contributed by atoms with Crippen LogP contribution in [-0.2, 0) is 12.8 Å². The Balaban J connectivity index is 1.69. The zero-order chi connectivity index (χ0) is 14.8. The second-order valence-electron chi connectivity index (χ2n) is 5.84. The fraction of sp³-hybridized carbons (Fsp3) is 0.333. The van der Waals surface area contributed by atoms with Gasteiger partial charge >= 0.3 is 0 Å². The van der Waals surface area contributed by atoms with Crippen molar-refractivity contribution in [3.8, 4) is 5.75 Å². The van der Waals surface area contributed by atoms with Gasteiger partial charge in [-0.1, -0.05) is 24.3 Å². The second-order valence-corrected chi connectivity index (χ2v) is 5.84. The van der Waals surface area contributed by atoms with E-state index in [1.165, 1.54) is 23.3 Å². The average molecular weight is 285 g/mol. The van der Waals surface area contributed by atoms with E-state index in [9.17, 15) is 4.39 Å². The van der Waals surface area contributed by atoms with Crippen LogP contribution in [0.15, 0.2) is 42.5 Å². The molecule has 1 aliphatic carbocycles.